The molecule has 7 nitrogen and oxygen atoms in total. The van der Waals surface area contributed by atoms with E-state index < -0.39 is 23.7 Å². The van der Waals surface area contributed by atoms with Crippen molar-refractivity contribution in [3.8, 4) is 0 Å². The molecule has 28 heavy (non-hydrogen) atoms. The fourth-order valence-corrected chi connectivity index (χ4v) is 2.88. The highest BCUT2D eigenvalue weighted by Gasteiger charge is 2.21. The molecule has 0 saturated heterocycles. The van der Waals surface area contributed by atoms with Crippen LogP contribution in [0.3, 0.4) is 0 Å². The average Bonchev–Trinajstić information content (AvgIpc) is 3.11. The first-order chi connectivity index (χ1) is 13.4. The molecule has 3 rings (SSSR count). The number of nitrogens with zero attached hydrogens (tertiary/aromatic N) is 3. The number of amides is 1. The van der Waals surface area contributed by atoms with Crippen LogP contribution in [0.15, 0.2) is 42.7 Å². The van der Waals surface area contributed by atoms with Gasteiger partial charge in [0.2, 0.25) is 0 Å². The van der Waals surface area contributed by atoms with E-state index in [4.69, 9.17) is 4.74 Å². The summed E-state index contributed by atoms with van der Waals surface area (Å²) in [5.74, 6) is -1.28. The quantitative estimate of drug-likeness (QED) is 0.660. The first-order valence-electron chi connectivity index (χ1n) is 8.85. The molecule has 1 amide bonds. The average molecular weight is 384 g/mol. The standard InChI is InChI=1S/C20H21FN4O3/c1-12(2)25-19-14(11-23-25)8-15(10-22-19)20(27)24-17(9-18(26)28-3)13-4-6-16(21)7-5-13/h4-8,10-12,17H,9H2,1-3H3,(H,24,27). The Kier molecular flexibility index (Phi) is 5.67. The Bertz CT molecular complexity index is 998. The van der Waals surface area contributed by atoms with Crippen LogP contribution >= 0.6 is 0 Å². The van der Waals surface area contributed by atoms with E-state index in [9.17, 15) is 14.0 Å². The highest BCUT2D eigenvalue weighted by atomic mass is 19.1. The highest BCUT2D eigenvalue weighted by molar-refractivity contribution is 5.97. The van der Waals surface area contributed by atoms with Crippen molar-refractivity contribution in [3.63, 3.8) is 0 Å². The first-order valence-corrected chi connectivity index (χ1v) is 8.85. The second kappa shape index (κ2) is 8.16. The van der Waals surface area contributed by atoms with Crippen molar-refractivity contribution < 1.29 is 18.7 Å². The van der Waals surface area contributed by atoms with Crippen molar-refractivity contribution in [1.29, 1.82) is 0 Å². The van der Waals surface area contributed by atoms with Gasteiger partial charge in [-0.05, 0) is 37.6 Å². The smallest absolute Gasteiger partial charge is 0.307 e. The van der Waals surface area contributed by atoms with Crippen LogP contribution < -0.4 is 5.32 Å². The number of methoxy groups -OCH3 is 1. The van der Waals surface area contributed by atoms with Crippen LogP contribution in [-0.4, -0.2) is 33.8 Å². The summed E-state index contributed by atoms with van der Waals surface area (Å²) < 4.78 is 19.7. The molecule has 1 unspecified atom stereocenters. The molecular weight excluding hydrogens is 363 g/mol. The van der Waals surface area contributed by atoms with Crippen LogP contribution in [0.1, 0.15) is 48.3 Å². The Labute approximate surface area is 161 Å². The van der Waals surface area contributed by atoms with Crippen LogP contribution in [0.5, 0.6) is 0 Å². The Morgan fingerprint density at radius 1 is 1.21 bits per heavy atom. The van der Waals surface area contributed by atoms with Gasteiger partial charge in [-0.2, -0.15) is 5.10 Å². The largest absolute Gasteiger partial charge is 0.469 e. The maximum atomic E-state index is 13.2. The summed E-state index contributed by atoms with van der Waals surface area (Å²) >= 11 is 0. The van der Waals surface area contributed by atoms with Crippen LogP contribution in [0.2, 0.25) is 0 Å². The molecule has 2 aromatic heterocycles. The first kappa shape index (κ1) is 19.5. The van der Waals surface area contributed by atoms with E-state index in [1.807, 2.05) is 13.8 Å². The lowest BCUT2D eigenvalue weighted by Crippen LogP contribution is -2.30. The minimum absolute atomic E-state index is 0.0746. The second-order valence-electron chi connectivity index (χ2n) is 6.68. The van der Waals surface area contributed by atoms with Crippen LogP contribution in [0.4, 0.5) is 4.39 Å². The van der Waals surface area contributed by atoms with Crippen molar-refractivity contribution in [2.24, 2.45) is 0 Å². The number of halogens is 1. The van der Waals surface area contributed by atoms with Crippen LogP contribution in [0.25, 0.3) is 11.0 Å². The molecule has 0 fully saturated rings. The van der Waals surface area contributed by atoms with Gasteiger partial charge in [0.1, 0.15) is 5.82 Å². The van der Waals surface area contributed by atoms with Gasteiger partial charge in [-0.1, -0.05) is 12.1 Å². The number of ether oxygens (including phenoxy) is 1. The van der Waals surface area contributed by atoms with E-state index in [1.54, 1.807) is 16.9 Å². The van der Waals surface area contributed by atoms with Gasteiger partial charge in [0.05, 0.1) is 31.3 Å². The number of fused-ring (bicyclic) bond motifs is 1. The molecule has 1 atom stereocenters. The van der Waals surface area contributed by atoms with Gasteiger partial charge in [0, 0.05) is 17.6 Å². The third kappa shape index (κ3) is 4.16. The zero-order valence-electron chi connectivity index (χ0n) is 15.8. The fourth-order valence-electron chi connectivity index (χ4n) is 2.88. The molecule has 0 bridgehead atoms. The molecule has 1 N–H and O–H groups in total. The Morgan fingerprint density at radius 2 is 1.93 bits per heavy atom. The van der Waals surface area contributed by atoms with Crippen LogP contribution in [0, 0.1) is 5.82 Å². The lowest BCUT2D eigenvalue weighted by Gasteiger charge is -2.18. The lowest BCUT2D eigenvalue weighted by molar-refractivity contribution is -0.141. The van der Waals surface area contributed by atoms with E-state index in [1.165, 1.54) is 37.6 Å². The molecule has 2 heterocycles. The summed E-state index contributed by atoms with van der Waals surface area (Å²) in [6, 6.07) is 6.79. The molecular formula is C20H21FN4O3. The number of carbonyl (C=O) groups excluding carboxylic acids is 2. The number of hydrogen-bond donors (Lipinski definition) is 1. The summed E-state index contributed by atoms with van der Waals surface area (Å²) in [4.78, 5) is 28.8. The number of esters is 1. The number of hydrogen-bond acceptors (Lipinski definition) is 5. The van der Waals surface area contributed by atoms with Gasteiger partial charge in [-0.15, -0.1) is 0 Å². The minimum Gasteiger partial charge on any atom is -0.469 e. The number of aromatic nitrogens is 3. The maximum absolute atomic E-state index is 13.2. The minimum atomic E-state index is -0.658. The Morgan fingerprint density at radius 3 is 2.57 bits per heavy atom. The van der Waals surface area contributed by atoms with Crippen molar-refractivity contribution in [2.45, 2.75) is 32.4 Å². The van der Waals surface area contributed by atoms with Gasteiger partial charge in [0.25, 0.3) is 5.91 Å². The predicted octanol–water partition coefficient (Wildman–Crippen LogP) is 3.19. The molecule has 0 aliphatic heterocycles. The zero-order chi connectivity index (χ0) is 20.3. The van der Waals surface area contributed by atoms with Crippen molar-refractivity contribution >= 4 is 22.9 Å². The van der Waals surface area contributed by atoms with E-state index in [2.05, 4.69) is 15.4 Å². The normalized spacial score (nSPS) is 12.2. The van der Waals surface area contributed by atoms with Crippen molar-refractivity contribution in [2.75, 3.05) is 7.11 Å². The number of benzene rings is 1. The topological polar surface area (TPSA) is 86.1 Å². The van der Waals surface area contributed by atoms with Gasteiger partial charge in [-0.25, -0.2) is 14.1 Å². The Balaban J connectivity index is 1.85. The molecule has 3 aromatic rings. The third-order valence-corrected chi connectivity index (χ3v) is 4.36. The lowest BCUT2D eigenvalue weighted by atomic mass is 10.0. The van der Waals surface area contributed by atoms with Crippen molar-refractivity contribution in [3.05, 3.63) is 59.7 Å². The van der Waals surface area contributed by atoms with E-state index in [0.29, 0.717) is 16.8 Å². The zero-order valence-corrected chi connectivity index (χ0v) is 15.8. The number of carbonyl (C=O) groups is 2. The summed E-state index contributed by atoms with van der Waals surface area (Å²) in [6.07, 6.45) is 3.05. The predicted molar refractivity (Wildman–Crippen MR) is 101 cm³/mol. The summed E-state index contributed by atoms with van der Waals surface area (Å²) in [7, 11) is 1.27. The molecule has 0 radical (unpaired) electrons. The monoisotopic (exact) mass is 384 g/mol. The van der Waals surface area contributed by atoms with E-state index in [0.717, 1.165) is 5.39 Å². The number of pyridine rings is 1. The maximum Gasteiger partial charge on any atom is 0.307 e. The number of rotatable bonds is 6. The second-order valence-corrected chi connectivity index (χ2v) is 6.68. The number of nitrogens with one attached hydrogen (secondary N) is 1. The SMILES string of the molecule is COC(=O)CC(NC(=O)c1cnc2c(cnn2C(C)C)c1)c1ccc(F)cc1. The van der Waals surface area contributed by atoms with Gasteiger partial charge < -0.3 is 10.1 Å². The third-order valence-electron chi connectivity index (χ3n) is 4.36. The molecule has 0 aliphatic rings. The molecule has 0 spiro atoms. The van der Waals surface area contributed by atoms with E-state index in [-0.39, 0.29) is 12.5 Å². The Hall–Kier alpha value is -3.29. The molecule has 8 heteroatoms. The van der Waals surface area contributed by atoms with Crippen LogP contribution in [-0.2, 0) is 9.53 Å². The van der Waals surface area contributed by atoms with Gasteiger partial charge in [-0.3, -0.25) is 9.59 Å². The molecule has 146 valence electrons. The highest BCUT2D eigenvalue weighted by Crippen LogP contribution is 2.20. The summed E-state index contributed by atoms with van der Waals surface area (Å²) in [6.45, 7) is 3.99. The molecule has 1 aromatic carbocycles. The molecule has 0 aliphatic carbocycles. The summed E-state index contributed by atoms with van der Waals surface area (Å²) in [5, 5.41) is 7.83. The summed E-state index contributed by atoms with van der Waals surface area (Å²) in [5.41, 5.74) is 1.63. The van der Waals surface area contributed by atoms with Gasteiger partial charge >= 0.3 is 5.97 Å². The van der Waals surface area contributed by atoms with E-state index >= 15 is 0 Å². The fraction of sp³-hybridized carbons (Fsp3) is 0.300. The molecule has 0 saturated carbocycles. The van der Waals surface area contributed by atoms with Gasteiger partial charge in [0.15, 0.2) is 5.65 Å². The van der Waals surface area contributed by atoms with Crippen molar-refractivity contribution in [1.82, 2.24) is 20.1 Å².